The van der Waals surface area contributed by atoms with E-state index in [0.717, 1.165) is 43.0 Å². The second-order valence-electron chi connectivity index (χ2n) is 7.76. The van der Waals surface area contributed by atoms with E-state index in [9.17, 15) is 8.42 Å². The number of amidine groups is 1. The average Bonchev–Trinajstić information content (AvgIpc) is 3.48. The molecule has 7 nitrogen and oxygen atoms in total. The molecule has 5 rings (SSSR count). The smallest absolute Gasteiger partial charge is 0.285 e. The molecule has 3 heterocycles. The molecule has 0 bridgehead atoms. The van der Waals surface area contributed by atoms with E-state index in [1.165, 1.54) is 12.8 Å². The monoisotopic (exact) mass is 397 g/mol. The van der Waals surface area contributed by atoms with Crippen LogP contribution in [0.5, 0.6) is 0 Å². The molecule has 2 aromatic rings. The first-order valence-corrected chi connectivity index (χ1v) is 11.2. The molecule has 1 aromatic heterocycles. The summed E-state index contributed by atoms with van der Waals surface area (Å²) in [5.74, 6) is 1.62. The largest absolute Gasteiger partial charge is 0.355 e. The Balaban J connectivity index is 1.35. The minimum atomic E-state index is -3.57. The predicted molar refractivity (Wildman–Crippen MR) is 107 cm³/mol. The first-order valence-electron chi connectivity index (χ1n) is 9.79. The summed E-state index contributed by atoms with van der Waals surface area (Å²) in [5.41, 5.74) is 1.71. The first-order chi connectivity index (χ1) is 13.5. The van der Waals surface area contributed by atoms with E-state index in [2.05, 4.69) is 30.2 Å². The van der Waals surface area contributed by atoms with Crippen molar-refractivity contribution in [2.24, 2.45) is 4.40 Å². The van der Waals surface area contributed by atoms with Crippen molar-refractivity contribution in [3.05, 3.63) is 47.9 Å². The highest BCUT2D eigenvalue weighted by molar-refractivity contribution is 7.90. The van der Waals surface area contributed by atoms with Gasteiger partial charge in [-0.05, 0) is 44.7 Å². The third kappa shape index (κ3) is 3.05. The third-order valence-corrected chi connectivity index (χ3v) is 7.09. The van der Waals surface area contributed by atoms with Crippen molar-refractivity contribution in [2.45, 2.75) is 49.6 Å². The number of anilines is 1. The molecule has 0 unspecified atom stereocenters. The molecule has 1 aromatic carbocycles. The fourth-order valence-corrected chi connectivity index (χ4v) is 5.51. The quantitative estimate of drug-likeness (QED) is 0.791. The molecule has 2 fully saturated rings. The third-order valence-electron chi connectivity index (χ3n) is 5.76. The van der Waals surface area contributed by atoms with Gasteiger partial charge in [-0.1, -0.05) is 12.1 Å². The van der Waals surface area contributed by atoms with E-state index in [4.69, 9.17) is 0 Å². The number of benzene rings is 1. The summed E-state index contributed by atoms with van der Waals surface area (Å²) in [4.78, 5) is 13.7. The highest BCUT2D eigenvalue weighted by atomic mass is 32.2. The molecule has 1 saturated heterocycles. The zero-order valence-corrected chi connectivity index (χ0v) is 16.6. The van der Waals surface area contributed by atoms with Gasteiger partial charge in [0.1, 0.15) is 17.0 Å². The Bertz CT molecular complexity index is 1040. The summed E-state index contributed by atoms with van der Waals surface area (Å²) in [6.07, 6.45) is 5.98. The lowest BCUT2D eigenvalue weighted by molar-refractivity contribution is 0.302. The Kier molecular flexibility index (Phi) is 4.12. The Morgan fingerprint density at radius 2 is 1.75 bits per heavy atom. The van der Waals surface area contributed by atoms with E-state index in [0.29, 0.717) is 22.8 Å². The lowest BCUT2D eigenvalue weighted by Crippen LogP contribution is -2.48. The fraction of sp³-hybridized carbons (Fsp3) is 0.450. The standard InChI is InChI=1S/C20H23N5O2S/c1-14-12-19(22-13-21-14)25(15-6-7-15)16-8-10-24(11-9-16)20-17-4-2-3-5-18(17)28(26,27)23-20/h2-5,12-13,15-16H,6-11H2,1H3. The van der Waals surface area contributed by atoms with Gasteiger partial charge in [0.15, 0.2) is 5.84 Å². The van der Waals surface area contributed by atoms with Gasteiger partial charge < -0.3 is 9.80 Å². The number of rotatable bonds is 3. The summed E-state index contributed by atoms with van der Waals surface area (Å²) in [6, 6.07) is 10.1. The van der Waals surface area contributed by atoms with Crippen molar-refractivity contribution < 1.29 is 8.42 Å². The van der Waals surface area contributed by atoms with Gasteiger partial charge in [0.05, 0.1) is 0 Å². The van der Waals surface area contributed by atoms with Crippen molar-refractivity contribution in [3.63, 3.8) is 0 Å². The normalized spacial score (nSPS) is 21.3. The van der Waals surface area contributed by atoms with Gasteiger partial charge in [-0.15, -0.1) is 4.40 Å². The molecule has 0 amide bonds. The molecule has 0 N–H and O–H groups in total. The molecule has 8 heteroatoms. The van der Waals surface area contributed by atoms with Crippen LogP contribution in [-0.4, -0.2) is 54.3 Å². The molecule has 1 aliphatic carbocycles. The van der Waals surface area contributed by atoms with Crippen LogP contribution >= 0.6 is 0 Å². The maximum atomic E-state index is 12.4. The van der Waals surface area contributed by atoms with E-state index >= 15 is 0 Å². The zero-order valence-electron chi connectivity index (χ0n) is 15.8. The molecule has 28 heavy (non-hydrogen) atoms. The number of nitrogens with zero attached hydrogens (tertiary/aromatic N) is 5. The summed E-state index contributed by atoms with van der Waals surface area (Å²) in [7, 11) is -3.57. The molecule has 146 valence electrons. The Morgan fingerprint density at radius 1 is 1.04 bits per heavy atom. The highest BCUT2D eigenvalue weighted by Crippen LogP contribution is 2.36. The molecule has 3 aliphatic rings. The van der Waals surface area contributed by atoms with Gasteiger partial charge >= 0.3 is 0 Å². The molecule has 2 aliphatic heterocycles. The number of sulfonamides is 1. The van der Waals surface area contributed by atoms with E-state index in [1.807, 2.05) is 19.1 Å². The van der Waals surface area contributed by atoms with Crippen LogP contribution in [0, 0.1) is 6.92 Å². The zero-order chi connectivity index (χ0) is 19.3. The molecule has 0 atom stereocenters. The molecular weight excluding hydrogens is 374 g/mol. The molecule has 0 spiro atoms. The fourth-order valence-electron chi connectivity index (χ4n) is 4.28. The van der Waals surface area contributed by atoms with Crippen molar-refractivity contribution in [1.82, 2.24) is 14.9 Å². The van der Waals surface area contributed by atoms with Gasteiger partial charge in [-0.3, -0.25) is 0 Å². The van der Waals surface area contributed by atoms with Gasteiger partial charge in [0, 0.05) is 42.5 Å². The molecule has 1 saturated carbocycles. The molecule has 0 radical (unpaired) electrons. The van der Waals surface area contributed by atoms with E-state index in [1.54, 1.807) is 18.5 Å². The Hall–Kier alpha value is -2.48. The maximum Gasteiger partial charge on any atom is 0.285 e. The maximum absolute atomic E-state index is 12.4. The predicted octanol–water partition coefficient (Wildman–Crippen LogP) is 2.37. The number of fused-ring (bicyclic) bond motifs is 1. The highest BCUT2D eigenvalue weighted by Gasteiger charge is 2.38. The number of aromatic nitrogens is 2. The average molecular weight is 398 g/mol. The second kappa shape index (κ2) is 6.55. The van der Waals surface area contributed by atoms with Crippen LogP contribution in [0.25, 0.3) is 0 Å². The summed E-state index contributed by atoms with van der Waals surface area (Å²) < 4.78 is 28.8. The van der Waals surface area contributed by atoms with Gasteiger partial charge in [-0.2, -0.15) is 8.42 Å². The van der Waals surface area contributed by atoms with Crippen LogP contribution in [0.4, 0.5) is 5.82 Å². The second-order valence-corrected chi connectivity index (χ2v) is 9.33. The SMILES string of the molecule is Cc1cc(N(C2CC2)C2CCN(C3=NS(=O)(=O)c4ccccc43)CC2)ncn1. The number of aryl methyl sites for hydroxylation is 1. The number of hydrogen-bond donors (Lipinski definition) is 0. The van der Waals surface area contributed by atoms with Crippen molar-refractivity contribution in [2.75, 3.05) is 18.0 Å². The van der Waals surface area contributed by atoms with Gasteiger partial charge in [-0.25, -0.2) is 9.97 Å². The van der Waals surface area contributed by atoms with E-state index < -0.39 is 10.0 Å². The van der Waals surface area contributed by atoms with Crippen LogP contribution in [0.3, 0.4) is 0 Å². The lowest BCUT2D eigenvalue weighted by Gasteiger charge is -2.40. The summed E-state index contributed by atoms with van der Waals surface area (Å²) in [5, 5.41) is 0. The Labute approximate surface area is 165 Å². The first kappa shape index (κ1) is 17.6. The Morgan fingerprint density at radius 3 is 2.46 bits per heavy atom. The van der Waals surface area contributed by atoms with Gasteiger partial charge in [0.2, 0.25) is 0 Å². The van der Waals surface area contributed by atoms with Crippen LogP contribution in [0.15, 0.2) is 46.0 Å². The van der Waals surface area contributed by atoms with Crippen molar-refractivity contribution >= 4 is 21.7 Å². The van der Waals surface area contributed by atoms with Crippen molar-refractivity contribution in [3.8, 4) is 0 Å². The van der Waals surface area contributed by atoms with Crippen LogP contribution in [-0.2, 0) is 10.0 Å². The van der Waals surface area contributed by atoms with Crippen molar-refractivity contribution in [1.29, 1.82) is 0 Å². The summed E-state index contributed by atoms with van der Waals surface area (Å²) in [6.45, 7) is 3.58. The topological polar surface area (TPSA) is 78.8 Å². The molecular formula is C20H23N5O2S. The number of piperidine rings is 1. The number of hydrogen-bond acceptors (Lipinski definition) is 6. The van der Waals surface area contributed by atoms with Gasteiger partial charge in [0.25, 0.3) is 10.0 Å². The minimum absolute atomic E-state index is 0.322. The van der Waals surface area contributed by atoms with Crippen LogP contribution < -0.4 is 4.90 Å². The van der Waals surface area contributed by atoms with Crippen LogP contribution in [0.1, 0.15) is 36.9 Å². The summed E-state index contributed by atoms with van der Waals surface area (Å²) >= 11 is 0. The minimum Gasteiger partial charge on any atom is -0.355 e. The van der Waals surface area contributed by atoms with Crippen LogP contribution in [0.2, 0.25) is 0 Å². The number of likely N-dealkylation sites (tertiary alicyclic amines) is 1. The lowest BCUT2D eigenvalue weighted by atomic mass is 10.0. The van der Waals surface area contributed by atoms with E-state index in [-0.39, 0.29) is 0 Å².